The highest BCUT2D eigenvalue weighted by molar-refractivity contribution is 6.36. The van der Waals surface area contributed by atoms with Gasteiger partial charge >= 0.3 is 0 Å². The standard InChI is InChI=1S/C15H21Cl2NO/c1-18(2)15(8-3-4-9-15)14(19)10-11-12(16)6-5-7-13(11)17/h5-7,14,19H,3-4,8-10H2,1-2H3. The molecule has 0 aliphatic heterocycles. The molecule has 1 unspecified atom stereocenters. The van der Waals surface area contributed by atoms with Crippen LogP contribution >= 0.6 is 23.2 Å². The summed E-state index contributed by atoms with van der Waals surface area (Å²) in [6.07, 6.45) is 4.47. The Labute approximate surface area is 125 Å². The van der Waals surface area contributed by atoms with Crippen LogP contribution in [-0.2, 0) is 6.42 Å². The van der Waals surface area contributed by atoms with Crippen LogP contribution in [0.25, 0.3) is 0 Å². The zero-order chi connectivity index (χ0) is 14.0. The molecule has 1 atom stereocenters. The van der Waals surface area contributed by atoms with Crippen LogP contribution in [0.2, 0.25) is 10.0 Å². The van der Waals surface area contributed by atoms with Crippen molar-refractivity contribution in [2.75, 3.05) is 14.1 Å². The highest BCUT2D eigenvalue weighted by Gasteiger charge is 2.42. The largest absolute Gasteiger partial charge is 0.391 e. The van der Waals surface area contributed by atoms with E-state index in [0.29, 0.717) is 16.5 Å². The Kier molecular flexibility index (Phi) is 4.78. The molecule has 1 N–H and O–H groups in total. The minimum absolute atomic E-state index is 0.136. The highest BCUT2D eigenvalue weighted by atomic mass is 35.5. The number of nitrogens with zero attached hydrogens (tertiary/aromatic N) is 1. The molecular formula is C15H21Cl2NO. The maximum Gasteiger partial charge on any atom is 0.0764 e. The van der Waals surface area contributed by atoms with Crippen LogP contribution < -0.4 is 0 Å². The monoisotopic (exact) mass is 301 g/mol. The third-order valence-corrected chi connectivity index (χ3v) is 5.15. The van der Waals surface area contributed by atoms with Gasteiger partial charge in [0.25, 0.3) is 0 Å². The molecule has 1 aromatic rings. The van der Waals surface area contributed by atoms with Gasteiger partial charge in [-0.3, -0.25) is 0 Å². The number of aliphatic hydroxyl groups is 1. The molecule has 1 aliphatic rings. The van der Waals surface area contributed by atoms with Gasteiger partial charge in [0.15, 0.2) is 0 Å². The van der Waals surface area contributed by atoms with Crippen molar-refractivity contribution in [3.8, 4) is 0 Å². The molecule has 0 spiro atoms. The van der Waals surface area contributed by atoms with Crippen LogP contribution in [0.3, 0.4) is 0 Å². The second-order valence-electron chi connectivity index (χ2n) is 5.63. The molecule has 0 saturated heterocycles. The summed E-state index contributed by atoms with van der Waals surface area (Å²) in [6.45, 7) is 0. The van der Waals surface area contributed by atoms with Crippen LogP contribution in [-0.4, -0.2) is 35.7 Å². The number of halogens is 2. The van der Waals surface area contributed by atoms with Crippen molar-refractivity contribution in [2.45, 2.75) is 43.7 Å². The van der Waals surface area contributed by atoms with E-state index < -0.39 is 6.10 Å². The van der Waals surface area contributed by atoms with Crippen molar-refractivity contribution >= 4 is 23.2 Å². The SMILES string of the molecule is CN(C)C1(C(O)Cc2c(Cl)cccc2Cl)CCCC1. The second-order valence-corrected chi connectivity index (χ2v) is 6.44. The molecule has 2 nitrogen and oxygen atoms in total. The zero-order valence-electron chi connectivity index (χ0n) is 11.5. The van der Waals surface area contributed by atoms with Crippen LogP contribution in [0, 0.1) is 0 Å². The smallest absolute Gasteiger partial charge is 0.0764 e. The van der Waals surface area contributed by atoms with Gasteiger partial charge in [0.1, 0.15) is 0 Å². The molecule has 1 fully saturated rings. The topological polar surface area (TPSA) is 23.5 Å². The molecule has 0 amide bonds. The second kappa shape index (κ2) is 6.01. The van der Waals surface area contributed by atoms with Crippen molar-refractivity contribution in [1.82, 2.24) is 4.90 Å². The van der Waals surface area contributed by atoms with Crippen molar-refractivity contribution in [1.29, 1.82) is 0 Å². The fourth-order valence-electron chi connectivity index (χ4n) is 3.18. The summed E-state index contributed by atoms with van der Waals surface area (Å²) in [5.41, 5.74) is 0.717. The van der Waals surface area contributed by atoms with Crippen LogP contribution in [0.1, 0.15) is 31.2 Å². The van der Waals surface area contributed by atoms with E-state index in [0.717, 1.165) is 18.4 Å². The summed E-state index contributed by atoms with van der Waals surface area (Å²) in [4.78, 5) is 2.16. The molecular weight excluding hydrogens is 281 g/mol. The van der Waals surface area contributed by atoms with E-state index in [-0.39, 0.29) is 5.54 Å². The van der Waals surface area contributed by atoms with E-state index in [1.165, 1.54) is 12.8 Å². The number of hydrogen-bond acceptors (Lipinski definition) is 2. The third kappa shape index (κ3) is 2.92. The number of rotatable bonds is 4. The molecule has 1 saturated carbocycles. The summed E-state index contributed by atoms with van der Waals surface area (Å²) in [6, 6.07) is 5.48. The summed E-state index contributed by atoms with van der Waals surface area (Å²) < 4.78 is 0. The lowest BCUT2D eigenvalue weighted by Crippen LogP contribution is -2.52. The molecule has 0 radical (unpaired) electrons. The molecule has 1 aliphatic carbocycles. The first-order chi connectivity index (χ1) is 8.97. The lowest BCUT2D eigenvalue weighted by atomic mass is 9.85. The lowest BCUT2D eigenvalue weighted by molar-refractivity contribution is -0.00248. The fraction of sp³-hybridized carbons (Fsp3) is 0.600. The van der Waals surface area contributed by atoms with E-state index in [4.69, 9.17) is 23.2 Å². The Morgan fingerprint density at radius 1 is 1.21 bits per heavy atom. The Balaban J connectivity index is 2.22. The van der Waals surface area contributed by atoms with Gasteiger partial charge in [-0.05, 0) is 44.6 Å². The lowest BCUT2D eigenvalue weighted by Gasteiger charge is -2.40. The van der Waals surface area contributed by atoms with Crippen molar-refractivity contribution in [3.05, 3.63) is 33.8 Å². The molecule has 1 aromatic carbocycles. The Morgan fingerprint density at radius 3 is 2.21 bits per heavy atom. The third-order valence-electron chi connectivity index (χ3n) is 4.44. The van der Waals surface area contributed by atoms with Crippen LogP contribution in [0.15, 0.2) is 18.2 Å². The summed E-state index contributed by atoms with van der Waals surface area (Å²) in [5, 5.41) is 12.0. The number of likely N-dealkylation sites (N-methyl/N-ethyl adjacent to an activating group) is 1. The molecule has 0 aromatic heterocycles. The minimum Gasteiger partial charge on any atom is -0.391 e. The summed E-state index contributed by atoms with van der Waals surface area (Å²) in [5.74, 6) is 0. The average Bonchev–Trinajstić information content (AvgIpc) is 2.84. The number of hydrogen-bond donors (Lipinski definition) is 1. The van der Waals surface area contributed by atoms with Crippen LogP contribution in [0.4, 0.5) is 0 Å². The van der Waals surface area contributed by atoms with Gasteiger partial charge in [-0.2, -0.15) is 0 Å². The summed E-state index contributed by atoms with van der Waals surface area (Å²) in [7, 11) is 4.09. The first-order valence-corrected chi connectivity index (χ1v) is 7.51. The molecule has 4 heteroatoms. The maximum absolute atomic E-state index is 10.7. The van der Waals surface area contributed by atoms with Crippen molar-refractivity contribution in [2.24, 2.45) is 0 Å². The Hall–Kier alpha value is -0.280. The van der Waals surface area contributed by atoms with E-state index >= 15 is 0 Å². The van der Waals surface area contributed by atoms with Gasteiger partial charge in [0.05, 0.1) is 6.10 Å². The van der Waals surface area contributed by atoms with Crippen molar-refractivity contribution in [3.63, 3.8) is 0 Å². The molecule has 0 bridgehead atoms. The average molecular weight is 302 g/mol. The van der Waals surface area contributed by atoms with E-state index in [1.54, 1.807) is 0 Å². The normalized spacial score (nSPS) is 19.9. The van der Waals surface area contributed by atoms with Gasteiger partial charge in [0, 0.05) is 22.0 Å². The van der Waals surface area contributed by atoms with E-state index in [9.17, 15) is 5.11 Å². The molecule has 106 valence electrons. The van der Waals surface area contributed by atoms with Gasteiger partial charge < -0.3 is 10.0 Å². The summed E-state index contributed by atoms with van der Waals surface area (Å²) >= 11 is 12.4. The van der Waals surface area contributed by atoms with Gasteiger partial charge in [-0.15, -0.1) is 0 Å². The zero-order valence-corrected chi connectivity index (χ0v) is 13.0. The number of aliphatic hydroxyl groups excluding tert-OH is 1. The fourth-order valence-corrected chi connectivity index (χ4v) is 3.73. The van der Waals surface area contributed by atoms with Crippen LogP contribution in [0.5, 0.6) is 0 Å². The quantitative estimate of drug-likeness (QED) is 0.915. The van der Waals surface area contributed by atoms with Gasteiger partial charge in [-0.25, -0.2) is 0 Å². The Morgan fingerprint density at radius 2 is 1.74 bits per heavy atom. The predicted molar refractivity (Wildman–Crippen MR) is 81.1 cm³/mol. The number of benzene rings is 1. The first kappa shape index (κ1) is 15.1. The van der Waals surface area contributed by atoms with E-state index in [2.05, 4.69) is 4.90 Å². The van der Waals surface area contributed by atoms with E-state index in [1.807, 2.05) is 32.3 Å². The molecule has 2 rings (SSSR count). The van der Waals surface area contributed by atoms with Gasteiger partial charge in [0.2, 0.25) is 0 Å². The minimum atomic E-state index is -0.442. The Bertz CT molecular complexity index is 422. The maximum atomic E-state index is 10.7. The molecule has 19 heavy (non-hydrogen) atoms. The molecule has 0 heterocycles. The van der Waals surface area contributed by atoms with Gasteiger partial charge in [-0.1, -0.05) is 42.1 Å². The predicted octanol–water partition coefficient (Wildman–Crippen LogP) is 3.77. The highest BCUT2D eigenvalue weighted by Crippen LogP contribution is 2.39. The first-order valence-electron chi connectivity index (χ1n) is 6.76. The van der Waals surface area contributed by atoms with Crippen molar-refractivity contribution < 1.29 is 5.11 Å².